The first-order valence-corrected chi connectivity index (χ1v) is 5.53. The maximum Gasteiger partial charge on any atom is 0.0894 e. The normalized spacial score (nSPS) is 16.1. The van der Waals surface area contributed by atoms with E-state index < -0.39 is 0 Å². The van der Waals surface area contributed by atoms with Gasteiger partial charge in [0.05, 0.1) is 5.00 Å². The van der Waals surface area contributed by atoms with E-state index in [2.05, 4.69) is 6.92 Å². The molecule has 2 rings (SSSR count). The van der Waals surface area contributed by atoms with Crippen LogP contribution in [-0.2, 0) is 19.3 Å². The van der Waals surface area contributed by atoms with Gasteiger partial charge in [-0.3, -0.25) is 0 Å². The van der Waals surface area contributed by atoms with Crippen molar-refractivity contribution in [1.82, 2.24) is 0 Å². The van der Waals surface area contributed by atoms with E-state index in [9.17, 15) is 0 Å². The Morgan fingerprint density at radius 2 is 2.08 bits per heavy atom. The highest BCUT2D eigenvalue weighted by atomic mass is 32.1. The van der Waals surface area contributed by atoms with Crippen molar-refractivity contribution in [3.63, 3.8) is 0 Å². The second-order valence-corrected chi connectivity index (χ2v) is 4.54. The van der Waals surface area contributed by atoms with Crippen molar-refractivity contribution in [3.8, 4) is 0 Å². The molecule has 1 aliphatic rings. The lowest BCUT2D eigenvalue weighted by atomic mass is 9.95. The molecule has 0 fully saturated rings. The van der Waals surface area contributed by atoms with Gasteiger partial charge in [-0.05, 0) is 43.2 Å². The Bertz CT molecular complexity index is 288. The summed E-state index contributed by atoms with van der Waals surface area (Å²) in [4.78, 5) is 1.57. The summed E-state index contributed by atoms with van der Waals surface area (Å²) in [6.07, 6.45) is 6.36. The van der Waals surface area contributed by atoms with Crippen LogP contribution >= 0.6 is 11.3 Å². The van der Waals surface area contributed by atoms with Gasteiger partial charge in [0.2, 0.25) is 0 Å². The molecule has 0 atom stereocenters. The molecule has 0 saturated heterocycles. The van der Waals surface area contributed by atoms with E-state index >= 15 is 0 Å². The molecule has 0 spiro atoms. The van der Waals surface area contributed by atoms with Crippen molar-refractivity contribution in [2.24, 2.45) is 0 Å². The fourth-order valence-corrected chi connectivity index (χ4v) is 3.29. The summed E-state index contributed by atoms with van der Waals surface area (Å²) in [5.41, 5.74) is 8.98. The van der Waals surface area contributed by atoms with E-state index in [-0.39, 0.29) is 0 Å². The van der Waals surface area contributed by atoms with Gasteiger partial charge >= 0.3 is 0 Å². The number of hydrogen-bond donors (Lipinski definition) is 1. The first kappa shape index (κ1) is 8.11. The number of anilines is 1. The minimum absolute atomic E-state index is 1.07. The molecule has 1 aromatic rings. The quantitative estimate of drug-likeness (QED) is 0.708. The standard InChI is InChI=1S/C10H15NS/c1-2-7-8-5-3-4-6-9(8)12-10(7)11/h2-6,11H2,1H3. The number of thiophene rings is 1. The molecule has 66 valence electrons. The maximum absolute atomic E-state index is 5.95. The molecule has 0 amide bonds. The van der Waals surface area contributed by atoms with Crippen LogP contribution in [0.5, 0.6) is 0 Å². The van der Waals surface area contributed by atoms with Gasteiger partial charge in [0, 0.05) is 4.88 Å². The average molecular weight is 181 g/mol. The molecular weight excluding hydrogens is 166 g/mol. The van der Waals surface area contributed by atoms with E-state index in [4.69, 9.17) is 5.73 Å². The van der Waals surface area contributed by atoms with Gasteiger partial charge in [-0.25, -0.2) is 0 Å². The summed E-state index contributed by atoms with van der Waals surface area (Å²) in [6.45, 7) is 2.20. The van der Waals surface area contributed by atoms with Crippen molar-refractivity contribution >= 4 is 16.3 Å². The smallest absolute Gasteiger partial charge is 0.0894 e. The fraction of sp³-hybridized carbons (Fsp3) is 0.600. The van der Waals surface area contributed by atoms with Crippen LogP contribution in [0, 0.1) is 0 Å². The molecule has 2 heteroatoms. The van der Waals surface area contributed by atoms with E-state index in [0.29, 0.717) is 0 Å². The predicted octanol–water partition coefficient (Wildman–Crippen LogP) is 2.77. The van der Waals surface area contributed by atoms with Crippen LogP contribution in [0.1, 0.15) is 35.8 Å². The number of hydrogen-bond acceptors (Lipinski definition) is 2. The Morgan fingerprint density at radius 3 is 2.83 bits per heavy atom. The van der Waals surface area contributed by atoms with E-state index in [1.165, 1.54) is 31.2 Å². The third-order valence-corrected chi connectivity index (χ3v) is 3.83. The summed E-state index contributed by atoms with van der Waals surface area (Å²) in [5, 5.41) is 1.07. The van der Waals surface area contributed by atoms with Gasteiger partial charge in [-0.2, -0.15) is 0 Å². The first-order valence-electron chi connectivity index (χ1n) is 4.71. The van der Waals surface area contributed by atoms with Gasteiger partial charge in [-0.1, -0.05) is 6.92 Å². The second-order valence-electron chi connectivity index (χ2n) is 3.41. The molecule has 0 saturated carbocycles. The number of rotatable bonds is 1. The van der Waals surface area contributed by atoms with Crippen LogP contribution in [-0.4, -0.2) is 0 Å². The molecule has 1 aromatic heterocycles. The number of nitrogens with two attached hydrogens (primary N) is 1. The van der Waals surface area contributed by atoms with Crippen LogP contribution < -0.4 is 5.73 Å². The third kappa shape index (κ3) is 1.14. The molecule has 0 aliphatic heterocycles. The Kier molecular flexibility index (Phi) is 2.09. The van der Waals surface area contributed by atoms with Crippen molar-refractivity contribution in [2.75, 3.05) is 5.73 Å². The topological polar surface area (TPSA) is 26.0 Å². The molecule has 0 bridgehead atoms. The Labute approximate surface area is 77.6 Å². The van der Waals surface area contributed by atoms with Gasteiger partial charge in [-0.15, -0.1) is 11.3 Å². The lowest BCUT2D eigenvalue weighted by Gasteiger charge is -2.11. The lowest BCUT2D eigenvalue weighted by Crippen LogP contribution is -2.00. The Morgan fingerprint density at radius 1 is 1.33 bits per heavy atom. The molecule has 0 aromatic carbocycles. The third-order valence-electron chi connectivity index (χ3n) is 2.67. The van der Waals surface area contributed by atoms with E-state index in [1.807, 2.05) is 11.3 Å². The molecule has 1 nitrogen and oxygen atoms in total. The van der Waals surface area contributed by atoms with Crippen molar-refractivity contribution in [1.29, 1.82) is 0 Å². The minimum atomic E-state index is 1.07. The van der Waals surface area contributed by atoms with E-state index in [1.54, 1.807) is 10.4 Å². The number of nitrogen functional groups attached to an aromatic ring is 1. The van der Waals surface area contributed by atoms with Crippen LogP contribution in [0.15, 0.2) is 0 Å². The molecule has 1 aliphatic carbocycles. The molecular formula is C10H15NS. The van der Waals surface area contributed by atoms with Crippen LogP contribution in [0.25, 0.3) is 0 Å². The second kappa shape index (κ2) is 3.09. The zero-order valence-electron chi connectivity index (χ0n) is 7.52. The zero-order chi connectivity index (χ0) is 8.55. The van der Waals surface area contributed by atoms with Crippen molar-refractivity contribution in [2.45, 2.75) is 39.0 Å². The summed E-state index contributed by atoms with van der Waals surface area (Å²) < 4.78 is 0. The fourth-order valence-electron chi connectivity index (χ4n) is 2.04. The highest BCUT2D eigenvalue weighted by Gasteiger charge is 2.17. The Balaban J connectivity index is 2.46. The molecule has 1 heterocycles. The van der Waals surface area contributed by atoms with Crippen LogP contribution in [0.3, 0.4) is 0 Å². The molecule has 0 unspecified atom stereocenters. The van der Waals surface area contributed by atoms with E-state index in [0.717, 1.165) is 11.4 Å². The van der Waals surface area contributed by atoms with Crippen molar-refractivity contribution in [3.05, 3.63) is 16.0 Å². The van der Waals surface area contributed by atoms with Gasteiger partial charge in [0.15, 0.2) is 0 Å². The SMILES string of the molecule is CCc1c(N)sc2c1CCCC2. The molecule has 2 N–H and O–H groups in total. The average Bonchev–Trinajstić information content (AvgIpc) is 2.40. The monoisotopic (exact) mass is 181 g/mol. The summed E-state index contributed by atoms with van der Waals surface area (Å²) in [6, 6.07) is 0. The highest BCUT2D eigenvalue weighted by Crippen LogP contribution is 2.36. The number of fused-ring (bicyclic) bond motifs is 1. The minimum Gasteiger partial charge on any atom is -0.390 e. The largest absolute Gasteiger partial charge is 0.390 e. The van der Waals surface area contributed by atoms with Gasteiger partial charge in [0.25, 0.3) is 0 Å². The van der Waals surface area contributed by atoms with Gasteiger partial charge in [0.1, 0.15) is 0 Å². The van der Waals surface area contributed by atoms with Gasteiger partial charge < -0.3 is 5.73 Å². The maximum atomic E-state index is 5.95. The van der Waals surface area contributed by atoms with Crippen LogP contribution in [0.2, 0.25) is 0 Å². The zero-order valence-corrected chi connectivity index (χ0v) is 8.34. The van der Waals surface area contributed by atoms with Crippen molar-refractivity contribution < 1.29 is 0 Å². The first-order chi connectivity index (χ1) is 5.83. The molecule has 12 heavy (non-hydrogen) atoms. The summed E-state index contributed by atoms with van der Waals surface area (Å²) in [5.74, 6) is 0. The summed E-state index contributed by atoms with van der Waals surface area (Å²) >= 11 is 1.82. The highest BCUT2D eigenvalue weighted by molar-refractivity contribution is 7.16. The summed E-state index contributed by atoms with van der Waals surface area (Å²) in [7, 11) is 0. The Hall–Kier alpha value is -0.500. The lowest BCUT2D eigenvalue weighted by molar-refractivity contribution is 0.692. The molecule has 0 radical (unpaired) electrons. The van der Waals surface area contributed by atoms with Crippen LogP contribution in [0.4, 0.5) is 5.00 Å². The number of aryl methyl sites for hydroxylation is 1. The predicted molar refractivity (Wildman–Crippen MR) is 54.8 cm³/mol.